The highest BCUT2D eigenvalue weighted by Gasteiger charge is 2.14. The maximum atomic E-state index is 12.4. The predicted octanol–water partition coefficient (Wildman–Crippen LogP) is 3.64. The molecule has 2 heterocycles. The number of ether oxygens (including phenoxy) is 3. The maximum absolute atomic E-state index is 12.4. The van der Waals surface area contributed by atoms with Gasteiger partial charge in [-0.3, -0.25) is 4.79 Å². The van der Waals surface area contributed by atoms with E-state index in [9.17, 15) is 4.79 Å². The number of amides is 1. The zero-order chi connectivity index (χ0) is 20.1. The lowest BCUT2D eigenvalue weighted by atomic mass is 10.2. The van der Waals surface area contributed by atoms with Crippen molar-refractivity contribution < 1.29 is 19.0 Å². The highest BCUT2D eigenvalue weighted by molar-refractivity contribution is 6.03. The van der Waals surface area contributed by atoms with E-state index in [-0.39, 0.29) is 11.6 Å². The molecule has 1 amide bonds. The van der Waals surface area contributed by atoms with E-state index in [0.29, 0.717) is 42.8 Å². The summed E-state index contributed by atoms with van der Waals surface area (Å²) in [6.45, 7) is 3.56. The SMILES string of the molecule is CCOc1ccc(Nc2ccc(C(=O)Nc3ccc4c(c3)OCCO4)nn2)cc1. The van der Waals surface area contributed by atoms with Gasteiger partial charge in [-0.05, 0) is 55.5 Å². The number of nitrogens with one attached hydrogen (secondary N) is 2. The first-order valence-corrected chi connectivity index (χ1v) is 9.26. The third-order valence-electron chi connectivity index (χ3n) is 4.13. The Morgan fingerprint density at radius 1 is 0.966 bits per heavy atom. The van der Waals surface area contributed by atoms with Gasteiger partial charge in [-0.2, -0.15) is 0 Å². The van der Waals surface area contributed by atoms with Crippen LogP contribution in [0.25, 0.3) is 0 Å². The lowest BCUT2D eigenvalue weighted by Crippen LogP contribution is -2.17. The van der Waals surface area contributed by atoms with Crippen LogP contribution >= 0.6 is 0 Å². The van der Waals surface area contributed by atoms with Crippen LogP contribution in [0.1, 0.15) is 17.4 Å². The van der Waals surface area contributed by atoms with Crippen molar-refractivity contribution in [2.24, 2.45) is 0 Å². The summed E-state index contributed by atoms with van der Waals surface area (Å²) in [4.78, 5) is 12.4. The Hall–Kier alpha value is -3.81. The molecule has 148 valence electrons. The molecule has 0 spiro atoms. The summed E-state index contributed by atoms with van der Waals surface area (Å²) in [5.74, 6) is 2.25. The molecular weight excluding hydrogens is 372 g/mol. The monoisotopic (exact) mass is 392 g/mol. The van der Waals surface area contributed by atoms with Crippen LogP contribution in [0.2, 0.25) is 0 Å². The smallest absolute Gasteiger partial charge is 0.276 e. The van der Waals surface area contributed by atoms with Crippen LogP contribution < -0.4 is 24.8 Å². The molecule has 1 aliphatic rings. The van der Waals surface area contributed by atoms with E-state index < -0.39 is 0 Å². The van der Waals surface area contributed by atoms with Crippen LogP contribution in [0.15, 0.2) is 54.6 Å². The number of hydrogen-bond donors (Lipinski definition) is 2. The lowest BCUT2D eigenvalue weighted by molar-refractivity contribution is 0.102. The Bertz CT molecular complexity index is 991. The van der Waals surface area contributed by atoms with Crippen molar-refractivity contribution >= 4 is 23.1 Å². The fraction of sp³-hybridized carbons (Fsp3) is 0.190. The van der Waals surface area contributed by atoms with Crippen molar-refractivity contribution in [3.05, 3.63) is 60.3 Å². The molecule has 4 rings (SSSR count). The summed E-state index contributed by atoms with van der Waals surface area (Å²) in [5, 5.41) is 14.0. The van der Waals surface area contributed by atoms with Gasteiger partial charge in [0, 0.05) is 17.4 Å². The minimum atomic E-state index is -0.359. The number of fused-ring (bicyclic) bond motifs is 1. The second-order valence-electron chi connectivity index (χ2n) is 6.20. The van der Waals surface area contributed by atoms with Gasteiger partial charge in [0.15, 0.2) is 23.0 Å². The number of anilines is 3. The number of rotatable bonds is 6. The van der Waals surface area contributed by atoms with Gasteiger partial charge < -0.3 is 24.8 Å². The third kappa shape index (κ3) is 4.55. The molecule has 0 saturated carbocycles. The Morgan fingerprint density at radius 2 is 1.72 bits per heavy atom. The summed E-state index contributed by atoms with van der Waals surface area (Å²) < 4.78 is 16.4. The lowest BCUT2D eigenvalue weighted by Gasteiger charge is -2.18. The topological polar surface area (TPSA) is 94.6 Å². The first-order chi connectivity index (χ1) is 14.2. The number of aromatic nitrogens is 2. The summed E-state index contributed by atoms with van der Waals surface area (Å²) in [5.41, 5.74) is 1.64. The van der Waals surface area contributed by atoms with Crippen molar-refractivity contribution in [3.8, 4) is 17.2 Å². The molecular formula is C21H20N4O4. The molecule has 2 N–H and O–H groups in total. The number of benzene rings is 2. The molecule has 0 unspecified atom stereocenters. The van der Waals surface area contributed by atoms with Gasteiger partial charge in [-0.1, -0.05) is 0 Å². The Morgan fingerprint density at radius 3 is 2.45 bits per heavy atom. The molecule has 29 heavy (non-hydrogen) atoms. The van der Waals surface area contributed by atoms with Crippen LogP contribution in [0.4, 0.5) is 17.2 Å². The van der Waals surface area contributed by atoms with Crippen LogP contribution in [-0.4, -0.2) is 35.9 Å². The number of nitrogens with zero attached hydrogens (tertiary/aromatic N) is 2. The second kappa shape index (κ2) is 8.47. The van der Waals surface area contributed by atoms with Gasteiger partial charge in [0.05, 0.1) is 6.61 Å². The third-order valence-corrected chi connectivity index (χ3v) is 4.13. The fourth-order valence-corrected chi connectivity index (χ4v) is 2.79. The molecule has 3 aromatic rings. The van der Waals surface area contributed by atoms with Crippen molar-refractivity contribution in [3.63, 3.8) is 0 Å². The van der Waals surface area contributed by atoms with Gasteiger partial charge in [-0.25, -0.2) is 0 Å². The van der Waals surface area contributed by atoms with E-state index in [1.807, 2.05) is 31.2 Å². The number of carbonyl (C=O) groups excluding carboxylic acids is 1. The van der Waals surface area contributed by atoms with Gasteiger partial charge >= 0.3 is 0 Å². The minimum Gasteiger partial charge on any atom is -0.494 e. The molecule has 0 aliphatic carbocycles. The van der Waals surface area contributed by atoms with Crippen LogP contribution in [-0.2, 0) is 0 Å². The van der Waals surface area contributed by atoms with E-state index in [2.05, 4.69) is 20.8 Å². The number of hydrogen-bond acceptors (Lipinski definition) is 7. The standard InChI is InChI=1S/C21H20N4O4/c1-2-27-16-6-3-14(4-7-16)22-20-10-8-17(24-25-20)21(26)23-15-5-9-18-19(13-15)29-12-11-28-18/h3-10,13H,2,11-12H2,1H3,(H,22,25)(H,23,26). The minimum absolute atomic E-state index is 0.206. The molecule has 0 radical (unpaired) electrons. The van der Waals surface area contributed by atoms with E-state index in [0.717, 1.165) is 11.4 Å². The van der Waals surface area contributed by atoms with E-state index >= 15 is 0 Å². The Balaban J connectivity index is 1.38. The predicted molar refractivity (Wildman–Crippen MR) is 108 cm³/mol. The van der Waals surface area contributed by atoms with E-state index in [4.69, 9.17) is 14.2 Å². The highest BCUT2D eigenvalue weighted by Crippen LogP contribution is 2.32. The van der Waals surface area contributed by atoms with Crippen LogP contribution in [0, 0.1) is 0 Å². The quantitative estimate of drug-likeness (QED) is 0.661. The van der Waals surface area contributed by atoms with Gasteiger partial charge in [0.1, 0.15) is 19.0 Å². The molecule has 0 fully saturated rings. The van der Waals surface area contributed by atoms with Crippen LogP contribution in [0.3, 0.4) is 0 Å². The van der Waals surface area contributed by atoms with Crippen molar-refractivity contribution in [2.75, 3.05) is 30.5 Å². The van der Waals surface area contributed by atoms with Gasteiger partial charge in [0.2, 0.25) is 0 Å². The second-order valence-corrected chi connectivity index (χ2v) is 6.20. The first kappa shape index (κ1) is 18.5. The van der Waals surface area contributed by atoms with E-state index in [1.54, 1.807) is 30.3 Å². The van der Waals surface area contributed by atoms with Crippen molar-refractivity contribution in [2.45, 2.75) is 6.92 Å². The average Bonchev–Trinajstić information content (AvgIpc) is 2.76. The largest absolute Gasteiger partial charge is 0.494 e. The maximum Gasteiger partial charge on any atom is 0.276 e. The summed E-state index contributed by atoms with van der Waals surface area (Å²) >= 11 is 0. The summed E-state index contributed by atoms with van der Waals surface area (Å²) in [6, 6.07) is 16.1. The molecule has 8 nitrogen and oxygen atoms in total. The molecule has 1 aliphatic heterocycles. The average molecular weight is 392 g/mol. The highest BCUT2D eigenvalue weighted by atomic mass is 16.6. The number of carbonyl (C=O) groups is 1. The molecule has 2 aromatic carbocycles. The molecule has 8 heteroatoms. The molecule has 0 saturated heterocycles. The summed E-state index contributed by atoms with van der Waals surface area (Å²) in [6.07, 6.45) is 0. The first-order valence-electron chi connectivity index (χ1n) is 9.26. The fourth-order valence-electron chi connectivity index (χ4n) is 2.79. The Kier molecular flexibility index (Phi) is 5.42. The summed E-state index contributed by atoms with van der Waals surface area (Å²) in [7, 11) is 0. The molecule has 1 aromatic heterocycles. The zero-order valence-corrected chi connectivity index (χ0v) is 15.8. The van der Waals surface area contributed by atoms with Crippen LogP contribution in [0.5, 0.6) is 17.2 Å². The molecule has 0 atom stereocenters. The van der Waals surface area contributed by atoms with Gasteiger partial charge in [-0.15, -0.1) is 10.2 Å². The normalized spacial score (nSPS) is 12.2. The van der Waals surface area contributed by atoms with Crippen molar-refractivity contribution in [1.29, 1.82) is 0 Å². The van der Waals surface area contributed by atoms with Crippen molar-refractivity contribution in [1.82, 2.24) is 10.2 Å². The Labute approximate surface area is 167 Å². The molecule has 0 bridgehead atoms. The van der Waals surface area contributed by atoms with E-state index in [1.165, 1.54) is 0 Å². The van der Waals surface area contributed by atoms with Gasteiger partial charge in [0.25, 0.3) is 5.91 Å². The zero-order valence-electron chi connectivity index (χ0n) is 15.8.